The van der Waals surface area contributed by atoms with Crippen molar-refractivity contribution in [3.63, 3.8) is 0 Å². The average molecular weight is 805 g/mol. The Kier molecular flexibility index (Phi) is 8.83. The van der Waals surface area contributed by atoms with Gasteiger partial charge in [0.25, 0.3) is 0 Å². The van der Waals surface area contributed by atoms with E-state index in [9.17, 15) is 0 Å². The van der Waals surface area contributed by atoms with Crippen molar-refractivity contribution in [2.45, 2.75) is 0 Å². The summed E-state index contributed by atoms with van der Waals surface area (Å²) >= 11 is 0. The van der Waals surface area contributed by atoms with E-state index in [2.05, 4.69) is 240 Å². The van der Waals surface area contributed by atoms with Gasteiger partial charge in [-0.05, 0) is 100 Å². The van der Waals surface area contributed by atoms with Crippen LogP contribution in [0.25, 0.3) is 93.9 Å². The first-order chi connectivity index (χ1) is 31.2. The normalized spacial score (nSPS) is 11.5. The Balaban J connectivity index is 0.838. The van der Waals surface area contributed by atoms with Crippen LogP contribution in [-0.2, 0) is 0 Å². The van der Waals surface area contributed by atoms with Gasteiger partial charge < -0.3 is 13.9 Å². The molecule has 0 unspecified atom stereocenters. The number of hydrogen-bond acceptors (Lipinski definition) is 2. The Hall–Kier alpha value is -8.40. The van der Waals surface area contributed by atoms with Gasteiger partial charge in [0.05, 0.1) is 16.7 Å². The first kappa shape index (κ1) is 36.5. The van der Waals surface area contributed by atoms with E-state index < -0.39 is 0 Å². The Morgan fingerprint density at radius 3 is 1.48 bits per heavy atom. The zero-order chi connectivity index (χ0) is 41.7. The predicted molar refractivity (Wildman–Crippen MR) is 264 cm³/mol. The number of para-hydroxylation sites is 6. The summed E-state index contributed by atoms with van der Waals surface area (Å²) < 4.78 is 8.80. The summed E-state index contributed by atoms with van der Waals surface area (Å²) in [6.07, 6.45) is 0. The maximum Gasteiger partial charge on any atom is 0.143 e. The maximum absolute atomic E-state index is 6.39. The van der Waals surface area contributed by atoms with E-state index in [0.29, 0.717) is 0 Å². The van der Waals surface area contributed by atoms with E-state index in [1.807, 2.05) is 12.1 Å². The van der Waals surface area contributed by atoms with Crippen molar-refractivity contribution < 1.29 is 4.42 Å². The Morgan fingerprint density at radius 1 is 0.302 bits per heavy atom. The number of benzene rings is 10. The van der Waals surface area contributed by atoms with E-state index in [-0.39, 0.29) is 0 Å². The summed E-state index contributed by atoms with van der Waals surface area (Å²) in [5.41, 5.74) is 18.0. The molecule has 0 N–H and O–H groups in total. The van der Waals surface area contributed by atoms with Crippen LogP contribution in [0, 0.1) is 0 Å². The molecule has 0 aliphatic heterocycles. The fourth-order valence-electron chi connectivity index (χ4n) is 9.41. The molecule has 10 aromatic carbocycles. The molecular formula is C60H40N2O. The van der Waals surface area contributed by atoms with Crippen LogP contribution in [0.4, 0.5) is 17.1 Å². The molecule has 0 aliphatic carbocycles. The number of rotatable bonds is 8. The van der Waals surface area contributed by atoms with E-state index >= 15 is 0 Å². The molecule has 296 valence electrons. The number of nitrogens with zero attached hydrogens (tertiary/aromatic N) is 2. The molecule has 63 heavy (non-hydrogen) atoms. The van der Waals surface area contributed by atoms with Crippen molar-refractivity contribution in [3.05, 3.63) is 243 Å². The summed E-state index contributed by atoms with van der Waals surface area (Å²) in [4.78, 5) is 2.32. The monoisotopic (exact) mass is 804 g/mol. The van der Waals surface area contributed by atoms with E-state index in [1.165, 1.54) is 49.7 Å². The lowest BCUT2D eigenvalue weighted by atomic mass is 9.97. The smallest absolute Gasteiger partial charge is 0.143 e. The van der Waals surface area contributed by atoms with Gasteiger partial charge in [-0.1, -0.05) is 176 Å². The van der Waals surface area contributed by atoms with Crippen LogP contribution >= 0.6 is 0 Å². The predicted octanol–water partition coefficient (Wildman–Crippen LogP) is 16.8. The number of fused-ring (bicyclic) bond motifs is 6. The van der Waals surface area contributed by atoms with Gasteiger partial charge in [-0.15, -0.1) is 0 Å². The zero-order valence-electron chi connectivity index (χ0n) is 34.4. The number of anilines is 3. The fourth-order valence-corrected chi connectivity index (χ4v) is 9.41. The zero-order valence-corrected chi connectivity index (χ0v) is 34.4. The number of hydrogen-bond donors (Lipinski definition) is 0. The van der Waals surface area contributed by atoms with Crippen molar-refractivity contribution in [1.29, 1.82) is 0 Å². The van der Waals surface area contributed by atoms with Crippen LogP contribution < -0.4 is 4.90 Å². The molecule has 0 fully saturated rings. The minimum atomic E-state index is 0.910. The van der Waals surface area contributed by atoms with Crippen molar-refractivity contribution >= 4 is 60.8 Å². The lowest BCUT2D eigenvalue weighted by Crippen LogP contribution is -2.09. The molecule has 12 rings (SSSR count). The number of furan rings is 1. The topological polar surface area (TPSA) is 21.3 Å². The van der Waals surface area contributed by atoms with Crippen molar-refractivity contribution in [1.82, 2.24) is 4.57 Å². The molecule has 2 heterocycles. The average Bonchev–Trinajstić information content (AvgIpc) is 3.91. The second kappa shape index (κ2) is 15.3. The molecule has 3 nitrogen and oxygen atoms in total. The second-order valence-electron chi connectivity index (χ2n) is 16.1. The highest BCUT2D eigenvalue weighted by Gasteiger charge is 2.17. The molecule has 0 spiro atoms. The SMILES string of the molecule is c1ccc(N(c2ccc(-c3ccc(-c4ccccc4-n4c5ccccc5c5ccccc54)cc3)cc2)c2ccc(-c3cccc(-c4cccc5c4oc4ccccc45)c3)cc2)cc1. The molecule has 0 atom stereocenters. The van der Waals surface area contributed by atoms with Crippen LogP contribution in [0.5, 0.6) is 0 Å². The Bertz CT molecular complexity index is 3550. The molecule has 0 amide bonds. The van der Waals surface area contributed by atoms with E-state index in [1.54, 1.807) is 0 Å². The second-order valence-corrected chi connectivity index (χ2v) is 16.1. The molecule has 0 aliphatic rings. The van der Waals surface area contributed by atoms with Gasteiger partial charge in [-0.3, -0.25) is 0 Å². The van der Waals surface area contributed by atoms with Crippen molar-refractivity contribution in [2.75, 3.05) is 4.90 Å². The lowest BCUT2D eigenvalue weighted by molar-refractivity contribution is 0.670. The van der Waals surface area contributed by atoms with Crippen LogP contribution in [0.15, 0.2) is 247 Å². The van der Waals surface area contributed by atoms with Crippen LogP contribution in [0.3, 0.4) is 0 Å². The quantitative estimate of drug-likeness (QED) is 0.153. The highest BCUT2D eigenvalue weighted by molar-refractivity contribution is 6.10. The third kappa shape index (κ3) is 6.38. The molecule has 0 saturated heterocycles. The summed E-state index contributed by atoms with van der Waals surface area (Å²) in [5, 5.41) is 4.81. The minimum Gasteiger partial charge on any atom is -0.455 e. The molecule has 0 radical (unpaired) electrons. The summed E-state index contributed by atoms with van der Waals surface area (Å²) in [7, 11) is 0. The summed E-state index contributed by atoms with van der Waals surface area (Å²) in [6.45, 7) is 0. The van der Waals surface area contributed by atoms with Crippen LogP contribution in [0.2, 0.25) is 0 Å². The van der Waals surface area contributed by atoms with E-state index in [0.717, 1.165) is 61.3 Å². The van der Waals surface area contributed by atoms with Crippen LogP contribution in [-0.4, -0.2) is 4.57 Å². The Morgan fingerprint density at radius 2 is 0.778 bits per heavy atom. The third-order valence-corrected chi connectivity index (χ3v) is 12.4. The molecule has 12 aromatic rings. The Labute approximate surface area is 366 Å². The summed E-state index contributed by atoms with van der Waals surface area (Å²) in [6, 6.07) is 86.9. The van der Waals surface area contributed by atoms with Gasteiger partial charge in [0, 0.05) is 49.7 Å². The minimum absolute atomic E-state index is 0.910. The standard InChI is InChI=1S/C60H40N2O/c1-2-16-47(17-3-1)61(49-38-34-43(35-39-49)45-14-12-15-46(40-45)51-22-13-23-55-54-21-7-11-27-59(54)63-60(51)55)48-36-32-42(33-37-48)41-28-30-44(31-29-41)50-18-4-8-24-56(50)62-57-25-9-5-19-52(57)53-20-6-10-26-58(53)62/h1-40H. The van der Waals surface area contributed by atoms with Gasteiger partial charge in [0.1, 0.15) is 11.2 Å². The molecule has 3 heteroatoms. The van der Waals surface area contributed by atoms with Gasteiger partial charge in [-0.2, -0.15) is 0 Å². The molecule has 0 bridgehead atoms. The first-order valence-corrected chi connectivity index (χ1v) is 21.5. The lowest BCUT2D eigenvalue weighted by Gasteiger charge is -2.26. The highest BCUT2D eigenvalue weighted by Crippen LogP contribution is 2.41. The maximum atomic E-state index is 6.39. The first-order valence-electron chi connectivity index (χ1n) is 21.5. The fraction of sp³-hybridized carbons (Fsp3) is 0. The van der Waals surface area contributed by atoms with Gasteiger partial charge in [-0.25, -0.2) is 0 Å². The van der Waals surface area contributed by atoms with Gasteiger partial charge in [0.15, 0.2) is 0 Å². The third-order valence-electron chi connectivity index (χ3n) is 12.4. The van der Waals surface area contributed by atoms with E-state index in [4.69, 9.17) is 4.42 Å². The molecule has 2 aromatic heterocycles. The molecule has 0 saturated carbocycles. The van der Waals surface area contributed by atoms with Crippen molar-refractivity contribution in [3.8, 4) is 50.2 Å². The largest absolute Gasteiger partial charge is 0.455 e. The van der Waals surface area contributed by atoms with Crippen LogP contribution in [0.1, 0.15) is 0 Å². The highest BCUT2D eigenvalue weighted by atomic mass is 16.3. The van der Waals surface area contributed by atoms with Gasteiger partial charge >= 0.3 is 0 Å². The number of aromatic nitrogens is 1. The van der Waals surface area contributed by atoms with Crippen molar-refractivity contribution in [2.24, 2.45) is 0 Å². The summed E-state index contributed by atoms with van der Waals surface area (Å²) in [5.74, 6) is 0. The molecular weight excluding hydrogens is 765 g/mol. The van der Waals surface area contributed by atoms with Gasteiger partial charge in [0.2, 0.25) is 0 Å².